The second-order valence-electron chi connectivity index (χ2n) is 9.58. The lowest BCUT2D eigenvalue weighted by molar-refractivity contribution is -0.00546. The molecule has 0 N–H and O–H groups in total. The predicted octanol–water partition coefficient (Wildman–Crippen LogP) is 6.92. The molecule has 0 aliphatic rings. The normalized spacial score (nSPS) is 12.0. The number of hydrogen-bond acceptors (Lipinski definition) is 5. The number of methoxy groups -OCH3 is 1. The molecule has 0 bridgehead atoms. The quantitative estimate of drug-likeness (QED) is 0.222. The fourth-order valence-electron chi connectivity index (χ4n) is 3.65. The van der Waals surface area contributed by atoms with Gasteiger partial charge in [0.05, 0.1) is 7.11 Å². The summed E-state index contributed by atoms with van der Waals surface area (Å²) in [7, 11) is 1.60. The fourth-order valence-corrected chi connectivity index (χ4v) is 3.65. The van der Waals surface area contributed by atoms with Crippen molar-refractivity contribution >= 4 is 11.6 Å². The Balaban J connectivity index is 2.29. The van der Waals surface area contributed by atoms with Gasteiger partial charge in [0, 0.05) is 29.9 Å². The maximum absolute atomic E-state index is 13.2. The summed E-state index contributed by atoms with van der Waals surface area (Å²) in [5.41, 5.74) is 0.988. The van der Waals surface area contributed by atoms with E-state index in [4.69, 9.17) is 14.2 Å². The predicted molar refractivity (Wildman–Crippen MR) is 137 cm³/mol. The van der Waals surface area contributed by atoms with Crippen LogP contribution in [0.5, 0.6) is 5.75 Å². The second kappa shape index (κ2) is 12.3. The average molecular weight is 469 g/mol. The van der Waals surface area contributed by atoms with Gasteiger partial charge in [-0.15, -0.1) is 0 Å². The number of Topliss-reactive ketones (excluding diaryl/α,β-unsaturated/α-hetero) is 2. The topological polar surface area (TPSA) is 61.8 Å². The molecule has 0 fully saturated rings. The fraction of sp³-hybridized carbons (Fsp3) is 0.517. The molecule has 0 atom stereocenters. The van der Waals surface area contributed by atoms with Crippen LogP contribution in [0.15, 0.2) is 42.5 Å². The molecule has 0 saturated heterocycles. The standard InChI is InChI=1S/C29H40O5/c1-8-10-18-33-28(3,4)26(30)22-14-12-21(13-15-22)24-20-23(16-17-25(24)32-7)27(31)29(5,6)34-19-11-9-2/h12-17,20H,8-11,18-19H2,1-7H3. The summed E-state index contributed by atoms with van der Waals surface area (Å²) in [5, 5.41) is 0. The smallest absolute Gasteiger partial charge is 0.194 e. The molecule has 0 radical (unpaired) electrons. The van der Waals surface area contributed by atoms with Gasteiger partial charge in [-0.25, -0.2) is 0 Å². The minimum absolute atomic E-state index is 0.0583. The van der Waals surface area contributed by atoms with Crippen LogP contribution in [-0.4, -0.2) is 43.1 Å². The number of hydrogen-bond donors (Lipinski definition) is 0. The molecule has 2 rings (SSSR count). The lowest BCUT2D eigenvalue weighted by Crippen LogP contribution is -2.35. The summed E-state index contributed by atoms with van der Waals surface area (Å²) in [6.07, 6.45) is 3.86. The third kappa shape index (κ3) is 7.00. The second-order valence-corrected chi connectivity index (χ2v) is 9.58. The van der Waals surface area contributed by atoms with Crippen LogP contribution in [0.4, 0.5) is 0 Å². The van der Waals surface area contributed by atoms with Crippen molar-refractivity contribution in [2.24, 2.45) is 0 Å². The maximum atomic E-state index is 13.2. The van der Waals surface area contributed by atoms with Gasteiger partial charge in [-0.1, -0.05) is 51.0 Å². The highest BCUT2D eigenvalue weighted by molar-refractivity contribution is 6.04. The van der Waals surface area contributed by atoms with Crippen LogP contribution in [0.2, 0.25) is 0 Å². The Hall–Kier alpha value is -2.50. The van der Waals surface area contributed by atoms with Gasteiger partial charge in [0.25, 0.3) is 0 Å². The maximum Gasteiger partial charge on any atom is 0.194 e. The number of carbonyl (C=O) groups is 2. The first-order valence-electron chi connectivity index (χ1n) is 12.2. The molecule has 0 unspecified atom stereocenters. The molecule has 34 heavy (non-hydrogen) atoms. The van der Waals surface area contributed by atoms with Crippen molar-refractivity contribution in [3.63, 3.8) is 0 Å². The zero-order valence-electron chi connectivity index (χ0n) is 21.8. The van der Waals surface area contributed by atoms with Gasteiger partial charge in [0.2, 0.25) is 0 Å². The number of ketones is 2. The van der Waals surface area contributed by atoms with E-state index in [2.05, 4.69) is 13.8 Å². The van der Waals surface area contributed by atoms with Crippen molar-refractivity contribution in [1.82, 2.24) is 0 Å². The lowest BCUT2D eigenvalue weighted by Gasteiger charge is -2.24. The highest BCUT2D eigenvalue weighted by Gasteiger charge is 2.31. The van der Waals surface area contributed by atoms with Gasteiger partial charge in [0.15, 0.2) is 11.6 Å². The Bertz CT molecular complexity index is 957. The van der Waals surface area contributed by atoms with Crippen LogP contribution < -0.4 is 4.74 Å². The van der Waals surface area contributed by atoms with Crippen molar-refractivity contribution < 1.29 is 23.8 Å². The lowest BCUT2D eigenvalue weighted by atomic mass is 9.91. The summed E-state index contributed by atoms with van der Waals surface area (Å²) in [6, 6.07) is 12.8. The molecule has 186 valence electrons. The van der Waals surface area contributed by atoms with Gasteiger partial charge >= 0.3 is 0 Å². The first kappa shape index (κ1) is 27.7. The highest BCUT2D eigenvalue weighted by Crippen LogP contribution is 2.33. The third-order valence-electron chi connectivity index (χ3n) is 5.93. The van der Waals surface area contributed by atoms with E-state index >= 15 is 0 Å². The van der Waals surface area contributed by atoms with E-state index in [0.717, 1.165) is 36.8 Å². The number of benzene rings is 2. The summed E-state index contributed by atoms with van der Waals surface area (Å²) >= 11 is 0. The van der Waals surface area contributed by atoms with Gasteiger partial charge in [-0.05, 0) is 64.3 Å². The van der Waals surface area contributed by atoms with Gasteiger partial charge in [-0.2, -0.15) is 0 Å². The molecule has 2 aromatic rings. The van der Waals surface area contributed by atoms with E-state index in [1.165, 1.54) is 0 Å². The van der Waals surface area contributed by atoms with Crippen molar-refractivity contribution in [2.75, 3.05) is 20.3 Å². The van der Waals surface area contributed by atoms with E-state index in [-0.39, 0.29) is 11.6 Å². The van der Waals surface area contributed by atoms with Crippen LogP contribution in [0.1, 0.15) is 87.9 Å². The molecular formula is C29H40O5. The van der Waals surface area contributed by atoms with Gasteiger partial charge < -0.3 is 14.2 Å². The summed E-state index contributed by atoms with van der Waals surface area (Å²) in [5.74, 6) is 0.519. The SMILES string of the molecule is CCCCOC(C)(C)C(=O)c1ccc(-c2cc(C(=O)C(C)(C)OCCCC)ccc2OC)cc1. The minimum Gasteiger partial charge on any atom is -0.496 e. The molecule has 0 aliphatic heterocycles. The first-order valence-corrected chi connectivity index (χ1v) is 12.2. The number of carbonyl (C=O) groups excluding carboxylic acids is 2. The van der Waals surface area contributed by atoms with Gasteiger partial charge in [0.1, 0.15) is 17.0 Å². The van der Waals surface area contributed by atoms with Crippen molar-refractivity contribution in [3.05, 3.63) is 53.6 Å². The molecule has 0 amide bonds. The molecule has 0 aromatic heterocycles. The number of ether oxygens (including phenoxy) is 3. The zero-order chi connectivity index (χ0) is 25.4. The van der Waals surface area contributed by atoms with Crippen LogP contribution in [-0.2, 0) is 9.47 Å². The zero-order valence-corrected chi connectivity index (χ0v) is 21.8. The molecular weight excluding hydrogens is 428 g/mol. The Morgan fingerprint density at radius 1 is 0.735 bits per heavy atom. The molecule has 0 aliphatic carbocycles. The molecule has 0 heterocycles. The van der Waals surface area contributed by atoms with E-state index in [1.54, 1.807) is 59.1 Å². The van der Waals surface area contributed by atoms with E-state index < -0.39 is 11.2 Å². The van der Waals surface area contributed by atoms with Gasteiger partial charge in [-0.3, -0.25) is 9.59 Å². The summed E-state index contributed by atoms with van der Waals surface area (Å²) in [6.45, 7) is 12.5. The molecule has 5 nitrogen and oxygen atoms in total. The largest absolute Gasteiger partial charge is 0.496 e. The Morgan fingerprint density at radius 2 is 1.21 bits per heavy atom. The van der Waals surface area contributed by atoms with Crippen LogP contribution in [0.25, 0.3) is 11.1 Å². The van der Waals surface area contributed by atoms with Crippen molar-refractivity contribution in [3.8, 4) is 16.9 Å². The number of rotatable bonds is 14. The van der Waals surface area contributed by atoms with Crippen molar-refractivity contribution in [2.45, 2.75) is 78.4 Å². The van der Waals surface area contributed by atoms with E-state index in [0.29, 0.717) is 30.1 Å². The van der Waals surface area contributed by atoms with E-state index in [9.17, 15) is 9.59 Å². The molecule has 0 saturated carbocycles. The average Bonchev–Trinajstić information content (AvgIpc) is 2.83. The van der Waals surface area contributed by atoms with Crippen LogP contribution >= 0.6 is 0 Å². The number of unbranched alkanes of at least 4 members (excludes halogenated alkanes) is 2. The summed E-state index contributed by atoms with van der Waals surface area (Å²) < 4.78 is 17.3. The molecule has 2 aromatic carbocycles. The van der Waals surface area contributed by atoms with Crippen LogP contribution in [0.3, 0.4) is 0 Å². The molecule has 0 spiro atoms. The third-order valence-corrected chi connectivity index (χ3v) is 5.93. The summed E-state index contributed by atoms with van der Waals surface area (Å²) in [4.78, 5) is 26.2. The highest BCUT2D eigenvalue weighted by atomic mass is 16.5. The monoisotopic (exact) mass is 468 g/mol. The Labute approximate surface area is 204 Å². The first-order chi connectivity index (χ1) is 16.1. The minimum atomic E-state index is -0.916. The van der Waals surface area contributed by atoms with Crippen LogP contribution in [0, 0.1) is 0 Å². The molecule has 5 heteroatoms. The Morgan fingerprint density at radius 3 is 1.68 bits per heavy atom. The van der Waals surface area contributed by atoms with E-state index in [1.807, 2.05) is 18.2 Å². The Kier molecular flexibility index (Phi) is 10.0. The van der Waals surface area contributed by atoms with Crippen molar-refractivity contribution in [1.29, 1.82) is 0 Å².